The van der Waals surface area contributed by atoms with Crippen molar-refractivity contribution in [3.05, 3.63) is 60.0 Å². The fourth-order valence-corrected chi connectivity index (χ4v) is 2.50. The molecule has 0 aliphatic heterocycles. The van der Waals surface area contributed by atoms with Crippen molar-refractivity contribution in [1.29, 1.82) is 0 Å². The Morgan fingerprint density at radius 3 is 2.84 bits per heavy atom. The van der Waals surface area contributed by atoms with Crippen molar-refractivity contribution in [2.24, 2.45) is 14.1 Å². The zero-order valence-corrected chi connectivity index (χ0v) is 11.2. The number of pyridine rings is 1. The Morgan fingerprint density at radius 1 is 1.21 bits per heavy atom. The predicted molar refractivity (Wildman–Crippen MR) is 75.0 cm³/mol. The van der Waals surface area contributed by atoms with Crippen LogP contribution in [0.1, 0.15) is 11.1 Å². The summed E-state index contributed by atoms with van der Waals surface area (Å²) in [5, 5.41) is 11.3. The maximum atomic E-state index is 10.4. The molecule has 3 rings (SSSR count). The largest absolute Gasteiger partial charge is 0.507 e. The number of phenolic OH excluding ortho intramolecular Hbond substituents is 1. The van der Waals surface area contributed by atoms with E-state index in [4.69, 9.17) is 0 Å². The normalized spacial score (nSPS) is 11.1. The first-order valence-electron chi connectivity index (χ1n) is 6.35. The molecular weight excluding hydrogens is 236 g/mol. The fraction of sp³-hybridized carbons (Fsp3) is 0.188. The number of hydrogen-bond donors (Lipinski definition) is 1. The lowest BCUT2D eigenvalue weighted by Gasteiger charge is -2.06. The highest BCUT2D eigenvalue weighted by Gasteiger charge is 2.10. The highest BCUT2D eigenvalue weighted by molar-refractivity contribution is 5.87. The number of hydrogen-bond acceptors (Lipinski definition) is 1. The maximum Gasteiger partial charge on any atom is 0.172 e. The Hall–Kier alpha value is -2.29. The summed E-state index contributed by atoms with van der Waals surface area (Å²) in [4.78, 5) is 0. The van der Waals surface area contributed by atoms with E-state index in [0.717, 1.165) is 22.9 Å². The van der Waals surface area contributed by atoms with Crippen LogP contribution in [0.2, 0.25) is 0 Å². The molecule has 0 saturated heterocycles. The number of fused-ring (bicyclic) bond motifs is 1. The SMILES string of the molecule is Cn1ccc2c(O)c(Cc3ccc[n+](C)c3)ccc21. The molecule has 0 radical (unpaired) electrons. The third-order valence-corrected chi connectivity index (χ3v) is 3.52. The van der Waals surface area contributed by atoms with Gasteiger partial charge in [0.25, 0.3) is 0 Å². The van der Waals surface area contributed by atoms with Gasteiger partial charge in [-0.1, -0.05) is 6.07 Å². The van der Waals surface area contributed by atoms with E-state index in [2.05, 4.69) is 18.3 Å². The summed E-state index contributed by atoms with van der Waals surface area (Å²) < 4.78 is 4.04. The molecule has 0 fully saturated rings. The second-order valence-corrected chi connectivity index (χ2v) is 4.99. The van der Waals surface area contributed by atoms with E-state index >= 15 is 0 Å². The zero-order valence-electron chi connectivity index (χ0n) is 11.2. The highest BCUT2D eigenvalue weighted by Crippen LogP contribution is 2.30. The third-order valence-electron chi connectivity index (χ3n) is 3.52. The van der Waals surface area contributed by atoms with Gasteiger partial charge in [0.1, 0.15) is 12.8 Å². The van der Waals surface area contributed by atoms with Gasteiger partial charge in [-0.05, 0) is 23.8 Å². The molecule has 0 saturated carbocycles. The van der Waals surface area contributed by atoms with Crippen LogP contribution < -0.4 is 4.57 Å². The molecule has 2 aromatic heterocycles. The molecule has 0 bridgehead atoms. The van der Waals surface area contributed by atoms with Crippen LogP contribution in [0.4, 0.5) is 0 Å². The van der Waals surface area contributed by atoms with Crippen LogP contribution in [0.15, 0.2) is 48.9 Å². The van der Waals surface area contributed by atoms with E-state index in [1.54, 1.807) is 0 Å². The standard InChI is InChI=1S/C16H16N2O/c1-17-8-3-4-12(11-17)10-13-5-6-15-14(16(13)19)7-9-18(15)2/h3-9,11H,10H2,1-2H3/p+1. The summed E-state index contributed by atoms with van der Waals surface area (Å²) >= 11 is 0. The summed E-state index contributed by atoms with van der Waals surface area (Å²) in [6.45, 7) is 0. The monoisotopic (exact) mass is 253 g/mol. The van der Waals surface area contributed by atoms with E-state index < -0.39 is 0 Å². The van der Waals surface area contributed by atoms with Crippen molar-refractivity contribution in [2.45, 2.75) is 6.42 Å². The van der Waals surface area contributed by atoms with Crippen LogP contribution in [0.5, 0.6) is 5.75 Å². The van der Waals surface area contributed by atoms with E-state index in [0.29, 0.717) is 5.75 Å². The number of aromatic nitrogens is 2. The van der Waals surface area contributed by atoms with Crippen molar-refractivity contribution < 1.29 is 9.67 Å². The number of benzene rings is 1. The molecular formula is C16H17N2O+. The molecule has 0 spiro atoms. The summed E-state index contributed by atoms with van der Waals surface area (Å²) in [5.41, 5.74) is 3.21. The van der Waals surface area contributed by atoms with Crippen LogP contribution in [0.3, 0.4) is 0 Å². The summed E-state index contributed by atoms with van der Waals surface area (Å²) in [7, 11) is 3.99. The van der Waals surface area contributed by atoms with Gasteiger partial charge in [0.15, 0.2) is 12.4 Å². The van der Waals surface area contributed by atoms with Crippen molar-refractivity contribution in [1.82, 2.24) is 4.57 Å². The first-order chi connectivity index (χ1) is 9.15. The molecule has 3 aromatic rings. The van der Waals surface area contributed by atoms with Gasteiger partial charge < -0.3 is 9.67 Å². The van der Waals surface area contributed by atoms with Crippen LogP contribution in [-0.2, 0) is 20.5 Å². The van der Waals surface area contributed by atoms with Gasteiger partial charge >= 0.3 is 0 Å². The molecule has 2 heterocycles. The smallest absolute Gasteiger partial charge is 0.172 e. The number of aryl methyl sites for hydroxylation is 2. The van der Waals surface area contributed by atoms with Gasteiger partial charge in [-0.25, -0.2) is 4.57 Å². The molecule has 1 aromatic carbocycles. The lowest BCUT2D eigenvalue weighted by molar-refractivity contribution is -0.671. The Labute approximate surface area is 112 Å². The van der Waals surface area contributed by atoms with Gasteiger partial charge in [-0.3, -0.25) is 0 Å². The second kappa shape index (κ2) is 4.43. The van der Waals surface area contributed by atoms with Crippen molar-refractivity contribution in [3.8, 4) is 5.75 Å². The first-order valence-corrected chi connectivity index (χ1v) is 6.35. The van der Waals surface area contributed by atoms with Crippen LogP contribution >= 0.6 is 0 Å². The molecule has 3 heteroatoms. The summed E-state index contributed by atoms with van der Waals surface area (Å²) in [5.74, 6) is 0.393. The van der Waals surface area contributed by atoms with E-state index in [1.165, 1.54) is 5.56 Å². The second-order valence-electron chi connectivity index (χ2n) is 4.99. The van der Waals surface area contributed by atoms with Crippen LogP contribution in [0, 0.1) is 0 Å². The Bertz CT molecular complexity index is 744. The van der Waals surface area contributed by atoms with E-state index in [1.807, 2.05) is 53.8 Å². The Morgan fingerprint density at radius 2 is 2.05 bits per heavy atom. The number of nitrogens with zero attached hydrogens (tertiary/aromatic N) is 2. The average molecular weight is 253 g/mol. The third kappa shape index (κ3) is 2.08. The Balaban J connectivity index is 2.04. The molecule has 0 aliphatic rings. The lowest BCUT2D eigenvalue weighted by atomic mass is 10.0. The molecule has 96 valence electrons. The maximum absolute atomic E-state index is 10.4. The van der Waals surface area contributed by atoms with Gasteiger partial charge in [0, 0.05) is 36.7 Å². The van der Waals surface area contributed by atoms with Crippen LogP contribution in [0.25, 0.3) is 10.9 Å². The topological polar surface area (TPSA) is 29.0 Å². The molecule has 0 aliphatic carbocycles. The predicted octanol–water partition coefficient (Wildman–Crippen LogP) is 2.30. The van der Waals surface area contributed by atoms with Crippen molar-refractivity contribution in [2.75, 3.05) is 0 Å². The summed E-state index contributed by atoms with van der Waals surface area (Å²) in [6.07, 6.45) is 6.79. The molecule has 1 N–H and O–H groups in total. The quantitative estimate of drug-likeness (QED) is 0.698. The molecule has 19 heavy (non-hydrogen) atoms. The molecule has 0 amide bonds. The number of phenols is 1. The van der Waals surface area contributed by atoms with Crippen molar-refractivity contribution in [3.63, 3.8) is 0 Å². The molecule has 0 atom stereocenters. The van der Waals surface area contributed by atoms with Gasteiger partial charge in [0.2, 0.25) is 0 Å². The minimum Gasteiger partial charge on any atom is -0.507 e. The molecule has 0 unspecified atom stereocenters. The summed E-state index contributed by atoms with van der Waals surface area (Å²) in [6, 6.07) is 10.1. The minimum absolute atomic E-state index is 0.393. The van der Waals surface area contributed by atoms with Gasteiger partial charge in [0.05, 0.1) is 5.52 Å². The fourth-order valence-electron chi connectivity index (χ4n) is 2.50. The number of rotatable bonds is 2. The van der Waals surface area contributed by atoms with E-state index in [-0.39, 0.29) is 0 Å². The zero-order chi connectivity index (χ0) is 13.4. The first kappa shape index (κ1) is 11.8. The minimum atomic E-state index is 0.393. The Kier molecular flexibility index (Phi) is 2.75. The lowest BCUT2D eigenvalue weighted by Crippen LogP contribution is -2.26. The van der Waals surface area contributed by atoms with Gasteiger partial charge in [-0.15, -0.1) is 0 Å². The average Bonchev–Trinajstić information content (AvgIpc) is 2.76. The molecule has 3 nitrogen and oxygen atoms in total. The number of aromatic hydroxyl groups is 1. The highest BCUT2D eigenvalue weighted by atomic mass is 16.3. The van der Waals surface area contributed by atoms with Crippen molar-refractivity contribution >= 4 is 10.9 Å². The van der Waals surface area contributed by atoms with E-state index in [9.17, 15) is 5.11 Å². The van der Waals surface area contributed by atoms with Gasteiger partial charge in [-0.2, -0.15) is 0 Å². The van der Waals surface area contributed by atoms with Crippen LogP contribution in [-0.4, -0.2) is 9.67 Å².